The number of nitrogens with one attached hydrogen (secondary N) is 4. The van der Waals surface area contributed by atoms with Crippen LogP contribution in [-0.2, 0) is 9.59 Å². The summed E-state index contributed by atoms with van der Waals surface area (Å²) in [6.45, 7) is 5.05. The first-order valence-corrected chi connectivity index (χ1v) is 9.14. The molecule has 0 aliphatic carbocycles. The maximum absolute atomic E-state index is 12.7. The molecule has 0 spiro atoms. The Morgan fingerprint density at radius 3 is 2.14 bits per heavy atom. The van der Waals surface area contributed by atoms with Gasteiger partial charge in [0.05, 0.1) is 10.7 Å². The number of hydrogen-bond acceptors (Lipinski definition) is 3. The van der Waals surface area contributed by atoms with Crippen molar-refractivity contribution in [2.75, 3.05) is 16.0 Å². The van der Waals surface area contributed by atoms with Crippen LogP contribution in [-0.4, -0.2) is 23.9 Å². The molecule has 0 aliphatic rings. The van der Waals surface area contributed by atoms with Gasteiger partial charge < -0.3 is 21.3 Å². The van der Waals surface area contributed by atoms with Crippen LogP contribution in [0.3, 0.4) is 0 Å². The maximum Gasteiger partial charge on any atom is 0.319 e. The van der Waals surface area contributed by atoms with E-state index in [4.69, 9.17) is 11.6 Å². The Bertz CT molecular complexity index is 856. The summed E-state index contributed by atoms with van der Waals surface area (Å²) in [6, 6.07) is 12.5. The van der Waals surface area contributed by atoms with E-state index in [1.807, 2.05) is 19.9 Å². The molecule has 0 bridgehead atoms. The zero-order valence-electron chi connectivity index (χ0n) is 15.9. The number of carbonyl (C=O) groups excluding carboxylic acids is 3. The first-order valence-electron chi connectivity index (χ1n) is 8.77. The molecule has 2 rings (SSSR count). The fourth-order valence-electron chi connectivity index (χ4n) is 2.47. The van der Waals surface area contributed by atoms with Gasteiger partial charge in [-0.2, -0.15) is 0 Å². The van der Waals surface area contributed by atoms with Gasteiger partial charge in [-0.1, -0.05) is 43.6 Å². The van der Waals surface area contributed by atoms with E-state index in [-0.39, 0.29) is 16.8 Å². The molecule has 0 aliphatic heterocycles. The van der Waals surface area contributed by atoms with Crippen LogP contribution in [0.15, 0.2) is 48.5 Å². The van der Waals surface area contributed by atoms with Crippen LogP contribution in [0.4, 0.5) is 21.9 Å². The molecule has 28 heavy (non-hydrogen) atoms. The van der Waals surface area contributed by atoms with Crippen molar-refractivity contribution >= 4 is 46.5 Å². The lowest BCUT2D eigenvalue weighted by molar-refractivity contribution is -0.118. The Labute approximate surface area is 168 Å². The summed E-state index contributed by atoms with van der Waals surface area (Å²) < 4.78 is 0. The van der Waals surface area contributed by atoms with Gasteiger partial charge in [-0.3, -0.25) is 9.59 Å². The van der Waals surface area contributed by atoms with Gasteiger partial charge in [-0.05, 0) is 36.2 Å². The van der Waals surface area contributed by atoms with Crippen LogP contribution in [0, 0.1) is 5.92 Å². The van der Waals surface area contributed by atoms with Gasteiger partial charge in [0, 0.05) is 18.3 Å². The zero-order chi connectivity index (χ0) is 20.7. The Morgan fingerprint density at radius 1 is 0.893 bits per heavy atom. The fourth-order valence-corrected chi connectivity index (χ4v) is 2.70. The fraction of sp³-hybridized carbons (Fsp3) is 0.250. The van der Waals surface area contributed by atoms with E-state index in [1.165, 1.54) is 6.92 Å². The number of halogens is 1. The molecule has 4 amide bonds. The topological polar surface area (TPSA) is 99.3 Å². The summed E-state index contributed by atoms with van der Waals surface area (Å²) in [6.07, 6.45) is 0. The van der Waals surface area contributed by atoms with Gasteiger partial charge in [0.15, 0.2) is 0 Å². The minimum atomic E-state index is -0.769. The van der Waals surface area contributed by atoms with Crippen LogP contribution >= 0.6 is 11.6 Å². The quantitative estimate of drug-likeness (QED) is 0.585. The minimum absolute atomic E-state index is 0.154. The molecule has 0 aromatic heterocycles. The van der Waals surface area contributed by atoms with Gasteiger partial charge in [0.25, 0.3) is 0 Å². The third kappa shape index (κ3) is 6.28. The summed E-state index contributed by atoms with van der Waals surface area (Å²) >= 11 is 6.19. The molecule has 0 saturated heterocycles. The molecule has 0 heterocycles. The SMILES string of the molecule is CC(=O)Nc1ccc(NC(=O)C(NC(=O)Nc2ccccc2)C(C)C)c(Cl)c1. The molecule has 1 unspecified atom stereocenters. The highest BCUT2D eigenvalue weighted by Crippen LogP contribution is 2.26. The molecule has 0 radical (unpaired) electrons. The van der Waals surface area contributed by atoms with E-state index in [9.17, 15) is 14.4 Å². The number of benzene rings is 2. The largest absolute Gasteiger partial charge is 0.326 e. The highest BCUT2D eigenvalue weighted by Gasteiger charge is 2.25. The van der Waals surface area contributed by atoms with Crippen LogP contribution in [0.25, 0.3) is 0 Å². The lowest BCUT2D eigenvalue weighted by atomic mass is 10.0. The standard InChI is InChI=1S/C20H23ClN4O3/c1-12(2)18(25-20(28)23-14-7-5-4-6-8-14)19(27)24-17-10-9-15(11-16(17)21)22-13(3)26/h4-12,18H,1-3H3,(H,22,26)(H,24,27)(H2,23,25,28). The van der Waals surface area contributed by atoms with E-state index >= 15 is 0 Å². The second-order valence-electron chi connectivity index (χ2n) is 6.55. The van der Waals surface area contributed by atoms with Crippen molar-refractivity contribution < 1.29 is 14.4 Å². The van der Waals surface area contributed by atoms with Gasteiger partial charge in [0.1, 0.15) is 6.04 Å². The van der Waals surface area contributed by atoms with Crippen molar-refractivity contribution in [3.63, 3.8) is 0 Å². The Hall–Kier alpha value is -3.06. The van der Waals surface area contributed by atoms with Crippen molar-refractivity contribution in [3.8, 4) is 0 Å². The number of carbonyl (C=O) groups is 3. The molecule has 2 aromatic rings. The first-order chi connectivity index (χ1) is 13.3. The molecule has 4 N–H and O–H groups in total. The molecule has 7 nitrogen and oxygen atoms in total. The summed E-state index contributed by atoms with van der Waals surface area (Å²) in [5.74, 6) is -0.771. The summed E-state index contributed by atoms with van der Waals surface area (Å²) in [5, 5.41) is 11.0. The van der Waals surface area contributed by atoms with E-state index in [0.29, 0.717) is 17.1 Å². The highest BCUT2D eigenvalue weighted by molar-refractivity contribution is 6.34. The van der Waals surface area contributed by atoms with E-state index < -0.39 is 18.0 Å². The predicted octanol–water partition coefficient (Wildman–Crippen LogP) is 4.08. The Morgan fingerprint density at radius 2 is 1.57 bits per heavy atom. The number of para-hydroxylation sites is 1. The third-order valence-electron chi connectivity index (χ3n) is 3.81. The van der Waals surface area contributed by atoms with E-state index in [1.54, 1.807) is 42.5 Å². The Balaban J connectivity index is 2.04. The zero-order valence-corrected chi connectivity index (χ0v) is 16.6. The molecule has 8 heteroatoms. The van der Waals surface area contributed by atoms with Gasteiger partial charge in [-0.15, -0.1) is 0 Å². The van der Waals surface area contributed by atoms with Gasteiger partial charge in [0.2, 0.25) is 11.8 Å². The molecule has 2 aromatic carbocycles. The maximum atomic E-state index is 12.7. The van der Waals surface area contributed by atoms with E-state index in [2.05, 4.69) is 21.3 Å². The third-order valence-corrected chi connectivity index (χ3v) is 4.13. The highest BCUT2D eigenvalue weighted by atomic mass is 35.5. The lowest BCUT2D eigenvalue weighted by Crippen LogP contribution is -2.48. The van der Waals surface area contributed by atoms with Gasteiger partial charge in [-0.25, -0.2) is 4.79 Å². The van der Waals surface area contributed by atoms with Crippen molar-refractivity contribution in [1.82, 2.24) is 5.32 Å². The Kier molecular flexibility index (Phi) is 7.40. The number of amides is 4. The molecule has 0 saturated carbocycles. The van der Waals surface area contributed by atoms with Crippen LogP contribution in [0.5, 0.6) is 0 Å². The normalized spacial score (nSPS) is 11.5. The smallest absolute Gasteiger partial charge is 0.319 e. The van der Waals surface area contributed by atoms with Crippen molar-refractivity contribution in [2.24, 2.45) is 5.92 Å². The molecular weight excluding hydrogens is 380 g/mol. The number of rotatable bonds is 6. The van der Waals surface area contributed by atoms with Crippen LogP contribution < -0.4 is 21.3 Å². The first kappa shape index (κ1) is 21.2. The summed E-state index contributed by atoms with van der Waals surface area (Å²) in [5.41, 5.74) is 1.53. The molecular formula is C20H23ClN4O3. The minimum Gasteiger partial charge on any atom is -0.326 e. The molecule has 148 valence electrons. The van der Waals surface area contributed by atoms with Crippen molar-refractivity contribution in [1.29, 1.82) is 0 Å². The molecule has 0 fully saturated rings. The number of anilines is 3. The lowest BCUT2D eigenvalue weighted by Gasteiger charge is -2.22. The molecule has 1 atom stereocenters. The monoisotopic (exact) mass is 402 g/mol. The summed E-state index contributed by atoms with van der Waals surface area (Å²) in [4.78, 5) is 36.0. The average Bonchev–Trinajstić information content (AvgIpc) is 2.62. The van der Waals surface area contributed by atoms with Crippen LogP contribution in [0.2, 0.25) is 5.02 Å². The van der Waals surface area contributed by atoms with Crippen LogP contribution in [0.1, 0.15) is 20.8 Å². The number of hydrogen-bond donors (Lipinski definition) is 4. The predicted molar refractivity (Wildman–Crippen MR) is 112 cm³/mol. The van der Waals surface area contributed by atoms with E-state index in [0.717, 1.165) is 0 Å². The average molecular weight is 403 g/mol. The van der Waals surface area contributed by atoms with Gasteiger partial charge >= 0.3 is 6.03 Å². The second kappa shape index (κ2) is 9.75. The van der Waals surface area contributed by atoms with Crippen molar-refractivity contribution in [2.45, 2.75) is 26.8 Å². The second-order valence-corrected chi connectivity index (χ2v) is 6.96. The summed E-state index contributed by atoms with van der Waals surface area (Å²) in [7, 11) is 0. The van der Waals surface area contributed by atoms with Crippen molar-refractivity contribution in [3.05, 3.63) is 53.6 Å². The number of urea groups is 1.